The van der Waals surface area contributed by atoms with Gasteiger partial charge < -0.3 is 14.8 Å². The van der Waals surface area contributed by atoms with Crippen LogP contribution in [0, 0.1) is 6.92 Å². The van der Waals surface area contributed by atoms with Crippen molar-refractivity contribution < 1.29 is 14.6 Å². The number of hydrogen-bond donors (Lipinski definition) is 2. The molecule has 4 nitrogen and oxygen atoms in total. The highest BCUT2D eigenvalue weighted by Crippen LogP contribution is 2.27. The van der Waals surface area contributed by atoms with Gasteiger partial charge in [0.15, 0.2) is 6.61 Å². The molecule has 0 aliphatic heterocycles. The maximum absolute atomic E-state index is 10.4. The molecule has 1 aromatic heterocycles. The van der Waals surface area contributed by atoms with Gasteiger partial charge >= 0.3 is 5.97 Å². The first-order valence-corrected chi connectivity index (χ1v) is 4.60. The molecule has 2 aromatic rings. The smallest absolute Gasteiger partial charge is 0.341 e. The number of rotatable bonds is 3. The zero-order chi connectivity index (χ0) is 10.8. The molecule has 2 rings (SSSR count). The van der Waals surface area contributed by atoms with Gasteiger partial charge in [0.1, 0.15) is 5.75 Å². The Hall–Kier alpha value is -1.97. The van der Waals surface area contributed by atoms with Crippen LogP contribution in [-0.4, -0.2) is 22.7 Å². The van der Waals surface area contributed by atoms with Crippen LogP contribution in [0.25, 0.3) is 10.9 Å². The van der Waals surface area contributed by atoms with Crippen molar-refractivity contribution in [3.05, 3.63) is 30.0 Å². The minimum atomic E-state index is -0.973. The fraction of sp³-hybridized carbons (Fsp3) is 0.182. The van der Waals surface area contributed by atoms with Gasteiger partial charge in [0.05, 0.1) is 5.52 Å². The Bertz CT molecular complexity index is 502. The molecule has 0 aliphatic carbocycles. The summed E-state index contributed by atoms with van der Waals surface area (Å²) < 4.78 is 5.17. The SMILES string of the molecule is Cc1ccc(OCC(=O)O)c2cc[nH]c12. The van der Waals surface area contributed by atoms with Crippen molar-refractivity contribution in [3.8, 4) is 5.75 Å². The van der Waals surface area contributed by atoms with Crippen LogP contribution in [0.4, 0.5) is 0 Å². The minimum absolute atomic E-state index is 0.316. The highest BCUT2D eigenvalue weighted by molar-refractivity contribution is 5.88. The second kappa shape index (κ2) is 3.65. The number of carbonyl (C=O) groups is 1. The average Bonchev–Trinajstić information content (AvgIpc) is 2.66. The first-order chi connectivity index (χ1) is 7.18. The summed E-state index contributed by atoms with van der Waals surface area (Å²) in [6.45, 7) is 1.67. The molecule has 78 valence electrons. The summed E-state index contributed by atoms with van der Waals surface area (Å²) in [5, 5.41) is 9.43. The topological polar surface area (TPSA) is 62.3 Å². The van der Waals surface area contributed by atoms with E-state index in [1.807, 2.05) is 25.3 Å². The van der Waals surface area contributed by atoms with Gasteiger partial charge in [0.25, 0.3) is 0 Å². The molecule has 15 heavy (non-hydrogen) atoms. The molecule has 0 amide bonds. The van der Waals surface area contributed by atoms with Crippen LogP contribution in [0.3, 0.4) is 0 Å². The number of carboxylic acids is 1. The third kappa shape index (κ3) is 1.79. The summed E-state index contributed by atoms with van der Waals surface area (Å²) in [7, 11) is 0. The third-order valence-corrected chi connectivity index (χ3v) is 2.24. The number of aromatic nitrogens is 1. The molecule has 0 aliphatic rings. The van der Waals surface area contributed by atoms with Gasteiger partial charge in [-0.1, -0.05) is 6.07 Å². The minimum Gasteiger partial charge on any atom is -0.481 e. The van der Waals surface area contributed by atoms with Crippen molar-refractivity contribution in [2.75, 3.05) is 6.61 Å². The standard InChI is InChI=1S/C11H11NO3/c1-7-2-3-9(15-6-10(13)14)8-4-5-12-11(7)8/h2-5,12H,6H2,1H3,(H,13,14). The van der Waals surface area contributed by atoms with Crippen molar-refractivity contribution >= 4 is 16.9 Å². The fourth-order valence-electron chi connectivity index (χ4n) is 1.54. The van der Waals surface area contributed by atoms with Crippen LogP contribution in [0.2, 0.25) is 0 Å². The van der Waals surface area contributed by atoms with Crippen LogP contribution < -0.4 is 4.74 Å². The summed E-state index contributed by atoms with van der Waals surface area (Å²) in [5.41, 5.74) is 2.09. The molecule has 0 radical (unpaired) electrons. The molecular weight excluding hydrogens is 194 g/mol. The Morgan fingerprint density at radius 3 is 3.00 bits per heavy atom. The quantitative estimate of drug-likeness (QED) is 0.804. The number of aliphatic carboxylic acids is 1. The Balaban J connectivity index is 2.39. The third-order valence-electron chi connectivity index (χ3n) is 2.24. The van der Waals surface area contributed by atoms with E-state index in [-0.39, 0.29) is 6.61 Å². The molecule has 0 unspecified atom stereocenters. The molecule has 1 heterocycles. The zero-order valence-corrected chi connectivity index (χ0v) is 8.28. The summed E-state index contributed by atoms with van der Waals surface area (Å²) in [6, 6.07) is 5.56. The Kier molecular flexibility index (Phi) is 2.33. The number of carboxylic acid groups (broad SMARTS) is 1. The van der Waals surface area contributed by atoms with E-state index in [0.29, 0.717) is 5.75 Å². The molecule has 0 atom stereocenters. The molecule has 2 N–H and O–H groups in total. The highest BCUT2D eigenvalue weighted by atomic mass is 16.5. The molecule has 0 fully saturated rings. The zero-order valence-electron chi connectivity index (χ0n) is 8.28. The molecule has 0 saturated heterocycles. The van der Waals surface area contributed by atoms with Crippen LogP contribution in [0.5, 0.6) is 5.75 Å². The van der Waals surface area contributed by atoms with E-state index in [9.17, 15) is 4.79 Å². The summed E-state index contributed by atoms with van der Waals surface area (Å²) in [6.07, 6.45) is 1.81. The fourth-order valence-corrected chi connectivity index (χ4v) is 1.54. The predicted octanol–water partition coefficient (Wildman–Crippen LogP) is 1.94. The van der Waals surface area contributed by atoms with E-state index < -0.39 is 5.97 Å². The number of ether oxygens (including phenoxy) is 1. The van der Waals surface area contributed by atoms with E-state index in [1.54, 1.807) is 6.07 Å². The Labute approximate surface area is 86.5 Å². The van der Waals surface area contributed by atoms with Gasteiger partial charge in [0.2, 0.25) is 0 Å². The van der Waals surface area contributed by atoms with E-state index in [0.717, 1.165) is 16.5 Å². The Morgan fingerprint density at radius 2 is 2.27 bits per heavy atom. The molecule has 4 heteroatoms. The largest absolute Gasteiger partial charge is 0.481 e. The van der Waals surface area contributed by atoms with E-state index in [2.05, 4.69) is 4.98 Å². The second-order valence-electron chi connectivity index (χ2n) is 3.33. The lowest BCUT2D eigenvalue weighted by Crippen LogP contribution is -2.09. The van der Waals surface area contributed by atoms with Gasteiger partial charge in [-0.2, -0.15) is 0 Å². The van der Waals surface area contributed by atoms with Crippen LogP contribution >= 0.6 is 0 Å². The van der Waals surface area contributed by atoms with Gasteiger partial charge in [-0.25, -0.2) is 4.79 Å². The van der Waals surface area contributed by atoms with Crippen molar-refractivity contribution in [1.82, 2.24) is 4.98 Å². The van der Waals surface area contributed by atoms with Gasteiger partial charge in [0, 0.05) is 11.6 Å². The number of hydrogen-bond acceptors (Lipinski definition) is 2. The lowest BCUT2D eigenvalue weighted by molar-refractivity contribution is -0.139. The van der Waals surface area contributed by atoms with Gasteiger partial charge in [-0.3, -0.25) is 0 Å². The van der Waals surface area contributed by atoms with Gasteiger partial charge in [-0.15, -0.1) is 0 Å². The average molecular weight is 205 g/mol. The lowest BCUT2D eigenvalue weighted by Gasteiger charge is -2.05. The number of fused-ring (bicyclic) bond motifs is 1. The summed E-state index contributed by atoms with van der Waals surface area (Å²) >= 11 is 0. The first-order valence-electron chi connectivity index (χ1n) is 4.60. The molecule has 0 bridgehead atoms. The van der Waals surface area contributed by atoms with Crippen LogP contribution in [-0.2, 0) is 4.79 Å². The maximum atomic E-state index is 10.4. The number of aryl methyl sites for hydroxylation is 1. The Morgan fingerprint density at radius 1 is 1.47 bits per heavy atom. The lowest BCUT2D eigenvalue weighted by atomic mass is 10.1. The number of benzene rings is 1. The van der Waals surface area contributed by atoms with E-state index >= 15 is 0 Å². The summed E-state index contributed by atoms with van der Waals surface area (Å²) in [4.78, 5) is 13.5. The molecule has 0 saturated carbocycles. The molecule has 1 aromatic carbocycles. The number of aromatic amines is 1. The van der Waals surface area contributed by atoms with Crippen molar-refractivity contribution in [3.63, 3.8) is 0 Å². The number of H-pyrrole nitrogens is 1. The van der Waals surface area contributed by atoms with E-state index in [4.69, 9.17) is 9.84 Å². The second-order valence-corrected chi connectivity index (χ2v) is 3.33. The first kappa shape index (κ1) is 9.58. The van der Waals surface area contributed by atoms with Gasteiger partial charge in [-0.05, 0) is 24.6 Å². The van der Waals surface area contributed by atoms with Crippen molar-refractivity contribution in [2.24, 2.45) is 0 Å². The number of nitrogens with one attached hydrogen (secondary N) is 1. The van der Waals surface area contributed by atoms with Crippen LogP contribution in [0.15, 0.2) is 24.4 Å². The maximum Gasteiger partial charge on any atom is 0.341 e. The molecular formula is C11H11NO3. The van der Waals surface area contributed by atoms with Crippen LogP contribution in [0.1, 0.15) is 5.56 Å². The van der Waals surface area contributed by atoms with E-state index in [1.165, 1.54) is 0 Å². The normalized spacial score (nSPS) is 10.5. The molecule has 0 spiro atoms. The van der Waals surface area contributed by atoms with Crippen molar-refractivity contribution in [1.29, 1.82) is 0 Å². The predicted molar refractivity (Wildman–Crippen MR) is 56.2 cm³/mol. The monoisotopic (exact) mass is 205 g/mol. The van der Waals surface area contributed by atoms with Crippen molar-refractivity contribution in [2.45, 2.75) is 6.92 Å². The highest BCUT2D eigenvalue weighted by Gasteiger charge is 2.06. The summed E-state index contributed by atoms with van der Waals surface area (Å²) in [5.74, 6) is -0.376.